The molecule has 17 heavy (non-hydrogen) atoms. The van der Waals surface area contributed by atoms with Crippen molar-refractivity contribution in [3.63, 3.8) is 0 Å². The van der Waals surface area contributed by atoms with Crippen LogP contribution in [0.25, 0.3) is 0 Å². The number of nitrogens with zero attached hydrogens (tertiary/aromatic N) is 1. The molecule has 0 saturated heterocycles. The maximum Gasteiger partial charge on any atom is 0.142 e. The first kappa shape index (κ1) is 13.8. The van der Waals surface area contributed by atoms with Crippen LogP contribution >= 0.6 is 0 Å². The highest BCUT2D eigenvalue weighted by Gasteiger charge is 2.12. The summed E-state index contributed by atoms with van der Waals surface area (Å²) in [6.45, 7) is 4.33. The van der Waals surface area contributed by atoms with Crippen molar-refractivity contribution in [3.8, 4) is 5.75 Å². The van der Waals surface area contributed by atoms with Crippen molar-refractivity contribution in [1.82, 2.24) is 5.32 Å². The third-order valence-electron chi connectivity index (χ3n) is 3.10. The average molecular weight is 236 g/mol. The summed E-state index contributed by atoms with van der Waals surface area (Å²) < 4.78 is 5.38. The van der Waals surface area contributed by atoms with Gasteiger partial charge in [0.25, 0.3) is 0 Å². The number of hydrogen-bond acceptors (Lipinski definition) is 3. The number of rotatable bonds is 7. The number of methoxy groups -OCH3 is 1. The fourth-order valence-electron chi connectivity index (χ4n) is 2.06. The van der Waals surface area contributed by atoms with Gasteiger partial charge in [0.05, 0.1) is 12.8 Å². The monoisotopic (exact) mass is 236 g/mol. The predicted octanol–water partition coefficient (Wildman–Crippen LogP) is 2.38. The Bertz CT molecular complexity index is 328. The lowest BCUT2D eigenvalue weighted by Crippen LogP contribution is -2.31. The third kappa shape index (κ3) is 3.93. The Labute approximate surface area is 105 Å². The highest BCUT2D eigenvalue weighted by atomic mass is 16.5. The second-order valence-electron chi connectivity index (χ2n) is 4.38. The number of anilines is 1. The molecule has 0 radical (unpaired) electrons. The minimum atomic E-state index is 0.662. The fraction of sp³-hybridized carbons (Fsp3) is 0.571. The Balaban J connectivity index is 2.71. The topological polar surface area (TPSA) is 24.5 Å². The van der Waals surface area contributed by atoms with Crippen LogP contribution in [0.2, 0.25) is 0 Å². The molecule has 1 N–H and O–H groups in total. The van der Waals surface area contributed by atoms with E-state index < -0.39 is 0 Å². The zero-order chi connectivity index (χ0) is 12.7. The van der Waals surface area contributed by atoms with Crippen LogP contribution in [0, 0.1) is 5.92 Å². The molecule has 0 amide bonds. The van der Waals surface area contributed by atoms with E-state index in [0.717, 1.165) is 24.5 Å². The van der Waals surface area contributed by atoms with Gasteiger partial charge in [-0.3, -0.25) is 0 Å². The summed E-state index contributed by atoms with van der Waals surface area (Å²) in [5.41, 5.74) is 1.16. The minimum absolute atomic E-state index is 0.662. The molecule has 1 aromatic carbocycles. The lowest BCUT2D eigenvalue weighted by molar-refractivity contribution is 0.412. The molecular formula is C14H24N2O. The number of benzene rings is 1. The highest BCUT2D eigenvalue weighted by Crippen LogP contribution is 2.27. The minimum Gasteiger partial charge on any atom is -0.495 e. The van der Waals surface area contributed by atoms with E-state index in [4.69, 9.17) is 4.74 Å². The van der Waals surface area contributed by atoms with Gasteiger partial charge in [0.15, 0.2) is 0 Å². The second kappa shape index (κ2) is 7.17. The molecular weight excluding hydrogens is 212 g/mol. The van der Waals surface area contributed by atoms with Crippen LogP contribution in [-0.2, 0) is 0 Å². The second-order valence-corrected chi connectivity index (χ2v) is 4.38. The number of nitrogens with one attached hydrogen (secondary N) is 1. The predicted molar refractivity (Wildman–Crippen MR) is 74.0 cm³/mol. The van der Waals surface area contributed by atoms with E-state index in [1.807, 2.05) is 25.2 Å². The zero-order valence-electron chi connectivity index (χ0n) is 11.4. The quantitative estimate of drug-likeness (QED) is 0.786. The molecule has 0 aliphatic rings. The van der Waals surface area contributed by atoms with E-state index in [0.29, 0.717) is 5.92 Å². The summed E-state index contributed by atoms with van der Waals surface area (Å²) in [5.74, 6) is 1.60. The van der Waals surface area contributed by atoms with Gasteiger partial charge in [0.1, 0.15) is 5.75 Å². The summed E-state index contributed by atoms with van der Waals surface area (Å²) in [6.07, 6.45) is 1.18. The third-order valence-corrected chi connectivity index (χ3v) is 3.10. The Morgan fingerprint density at radius 2 is 2.06 bits per heavy atom. The first-order valence-corrected chi connectivity index (χ1v) is 6.21. The maximum absolute atomic E-state index is 5.38. The van der Waals surface area contributed by atoms with E-state index in [1.54, 1.807) is 7.11 Å². The Hall–Kier alpha value is -1.22. The summed E-state index contributed by atoms with van der Waals surface area (Å²) >= 11 is 0. The number of para-hydroxylation sites is 2. The Kier molecular flexibility index (Phi) is 5.84. The van der Waals surface area contributed by atoms with Crippen molar-refractivity contribution in [2.45, 2.75) is 13.3 Å². The van der Waals surface area contributed by atoms with Gasteiger partial charge in [-0.15, -0.1) is 0 Å². The maximum atomic E-state index is 5.38. The summed E-state index contributed by atoms with van der Waals surface area (Å²) in [6, 6.07) is 8.16. The van der Waals surface area contributed by atoms with Gasteiger partial charge in [-0.2, -0.15) is 0 Å². The van der Waals surface area contributed by atoms with Gasteiger partial charge < -0.3 is 15.0 Å². The molecule has 1 rings (SSSR count). The Morgan fingerprint density at radius 3 is 2.65 bits per heavy atom. The van der Waals surface area contributed by atoms with Gasteiger partial charge >= 0.3 is 0 Å². The molecule has 1 unspecified atom stereocenters. The van der Waals surface area contributed by atoms with Gasteiger partial charge in [0.2, 0.25) is 0 Å². The van der Waals surface area contributed by atoms with Crippen LogP contribution in [0.1, 0.15) is 13.3 Å². The van der Waals surface area contributed by atoms with Crippen molar-refractivity contribution >= 4 is 5.69 Å². The molecule has 0 aliphatic carbocycles. The van der Waals surface area contributed by atoms with Crippen LogP contribution in [-0.4, -0.2) is 34.3 Å². The van der Waals surface area contributed by atoms with E-state index in [2.05, 4.69) is 30.3 Å². The highest BCUT2D eigenvalue weighted by molar-refractivity contribution is 5.57. The van der Waals surface area contributed by atoms with E-state index in [1.165, 1.54) is 6.42 Å². The van der Waals surface area contributed by atoms with Crippen molar-refractivity contribution in [2.24, 2.45) is 5.92 Å². The smallest absolute Gasteiger partial charge is 0.142 e. The molecule has 0 aromatic heterocycles. The van der Waals surface area contributed by atoms with Crippen molar-refractivity contribution in [2.75, 3.05) is 39.2 Å². The molecule has 96 valence electrons. The molecule has 0 spiro atoms. The van der Waals surface area contributed by atoms with Crippen molar-refractivity contribution in [3.05, 3.63) is 24.3 Å². The van der Waals surface area contributed by atoms with Crippen LogP contribution < -0.4 is 15.0 Å². The molecule has 0 aliphatic heterocycles. The standard InChI is InChI=1S/C14H24N2O/c1-5-12(10-15-2)11-16(3)13-8-6-7-9-14(13)17-4/h6-9,12,15H,5,10-11H2,1-4H3. The molecule has 0 saturated carbocycles. The first-order chi connectivity index (χ1) is 8.22. The van der Waals surface area contributed by atoms with Crippen LogP contribution in [0.5, 0.6) is 5.75 Å². The lowest BCUT2D eigenvalue weighted by atomic mass is 10.1. The molecule has 0 fully saturated rings. The Morgan fingerprint density at radius 1 is 1.35 bits per heavy atom. The number of hydrogen-bond donors (Lipinski definition) is 1. The summed E-state index contributed by atoms with van der Waals surface area (Å²) in [4.78, 5) is 2.27. The van der Waals surface area contributed by atoms with Gasteiger partial charge in [0, 0.05) is 13.6 Å². The van der Waals surface area contributed by atoms with E-state index in [9.17, 15) is 0 Å². The summed E-state index contributed by atoms with van der Waals surface area (Å²) in [5, 5.41) is 3.25. The van der Waals surface area contributed by atoms with Gasteiger partial charge in [-0.25, -0.2) is 0 Å². The molecule has 0 bridgehead atoms. The van der Waals surface area contributed by atoms with E-state index >= 15 is 0 Å². The van der Waals surface area contributed by atoms with E-state index in [-0.39, 0.29) is 0 Å². The molecule has 1 atom stereocenters. The van der Waals surface area contributed by atoms with Crippen molar-refractivity contribution in [1.29, 1.82) is 0 Å². The largest absolute Gasteiger partial charge is 0.495 e. The van der Waals surface area contributed by atoms with Gasteiger partial charge in [-0.05, 0) is 31.6 Å². The zero-order valence-corrected chi connectivity index (χ0v) is 11.4. The molecule has 0 heterocycles. The van der Waals surface area contributed by atoms with Crippen molar-refractivity contribution < 1.29 is 4.74 Å². The molecule has 1 aromatic rings. The van der Waals surface area contributed by atoms with Crippen LogP contribution in [0.15, 0.2) is 24.3 Å². The van der Waals surface area contributed by atoms with Crippen LogP contribution in [0.3, 0.4) is 0 Å². The van der Waals surface area contributed by atoms with Crippen LogP contribution in [0.4, 0.5) is 5.69 Å². The molecule has 3 heteroatoms. The molecule has 3 nitrogen and oxygen atoms in total. The summed E-state index contributed by atoms with van der Waals surface area (Å²) in [7, 11) is 5.85. The first-order valence-electron chi connectivity index (χ1n) is 6.21. The fourth-order valence-corrected chi connectivity index (χ4v) is 2.06. The lowest BCUT2D eigenvalue weighted by Gasteiger charge is -2.26. The average Bonchev–Trinajstić information content (AvgIpc) is 2.38. The normalized spacial score (nSPS) is 12.2. The SMILES string of the molecule is CCC(CNC)CN(C)c1ccccc1OC. The van der Waals surface area contributed by atoms with Gasteiger partial charge in [-0.1, -0.05) is 25.5 Å². The number of ether oxygens (including phenoxy) is 1.